The Morgan fingerprint density at radius 1 is 0.545 bits per heavy atom. The molecule has 0 bridgehead atoms. The smallest absolute Gasteiger partial charge is 0.164 e. The second kappa shape index (κ2) is 10.3. The van der Waals surface area contributed by atoms with E-state index < -0.39 is 0 Å². The minimum Gasteiger partial charge on any atom is -0.456 e. The SMILES string of the molecule is C=C/C=C(\C=C)c1nc(-c2ccccc2)nc(-c2cccc3oc4ccc(-c5cccc6oc7ccccc7c56)cc4c23)n1. The van der Waals surface area contributed by atoms with Crippen molar-refractivity contribution in [1.29, 1.82) is 0 Å². The van der Waals surface area contributed by atoms with E-state index in [1.54, 1.807) is 12.2 Å². The summed E-state index contributed by atoms with van der Waals surface area (Å²) in [4.78, 5) is 14.7. The van der Waals surface area contributed by atoms with E-state index in [0.717, 1.165) is 71.7 Å². The predicted octanol–water partition coefficient (Wildman–Crippen LogP) is 10.4. The highest BCUT2D eigenvalue weighted by Gasteiger charge is 2.19. The van der Waals surface area contributed by atoms with Gasteiger partial charge in [-0.1, -0.05) is 110 Å². The molecule has 0 fully saturated rings. The highest BCUT2D eigenvalue weighted by molar-refractivity contribution is 6.16. The highest BCUT2D eigenvalue weighted by atomic mass is 16.3. The molecule has 5 nitrogen and oxygen atoms in total. The first-order valence-electron chi connectivity index (χ1n) is 14.3. The number of hydrogen-bond acceptors (Lipinski definition) is 5. The van der Waals surface area contributed by atoms with Gasteiger partial charge in [-0.3, -0.25) is 0 Å². The molecule has 5 aromatic carbocycles. The van der Waals surface area contributed by atoms with E-state index in [-0.39, 0.29) is 0 Å². The molecule has 0 N–H and O–H groups in total. The molecule has 3 heterocycles. The Labute approximate surface area is 253 Å². The number of furan rings is 2. The van der Waals surface area contributed by atoms with Crippen molar-refractivity contribution in [3.05, 3.63) is 146 Å². The Morgan fingerprint density at radius 3 is 1.98 bits per heavy atom. The molecular weight excluding hydrogens is 542 g/mol. The van der Waals surface area contributed by atoms with Gasteiger partial charge in [0, 0.05) is 38.2 Å². The van der Waals surface area contributed by atoms with Gasteiger partial charge in [-0.05, 0) is 41.5 Å². The summed E-state index contributed by atoms with van der Waals surface area (Å²) in [6.45, 7) is 7.84. The highest BCUT2D eigenvalue weighted by Crippen LogP contribution is 2.41. The largest absolute Gasteiger partial charge is 0.456 e. The zero-order valence-corrected chi connectivity index (χ0v) is 23.7. The second-order valence-electron chi connectivity index (χ2n) is 10.5. The van der Waals surface area contributed by atoms with Crippen LogP contribution in [-0.4, -0.2) is 15.0 Å². The molecular formula is C39H25N3O2. The Morgan fingerprint density at radius 2 is 1.20 bits per heavy atom. The molecule has 3 aromatic heterocycles. The van der Waals surface area contributed by atoms with Crippen LogP contribution in [0.4, 0.5) is 0 Å². The van der Waals surface area contributed by atoms with Crippen molar-refractivity contribution in [1.82, 2.24) is 15.0 Å². The fraction of sp³-hybridized carbons (Fsp3) is 0. The Hall–Kier alpha value is -6.07. The molecule has 0 saturated carbocycles. The van der Waals surface area contributed by atoms with Crippen LogP contribution in [0.5, 0.6) is 0 Å². The maximum absolute atomic E-state index is 6.37. The number of hydrogen-bond donors (Lipinski definition) is 0. The topological polar surface area (TPSA) is 65.0 Å². The summed E-state index contributed by atoms with van der Waals surface area (Å²) in [5.74, 6) is 1.64. The third-order valence-electron chi connectivity index (χ3n) is 7.89. The van der Waals surface area contributed by atoms with Gasteiger partial charge in [0.25, 0.3) is 0 Å². The van der Waals surface area contributed by atoms with Gasteiger partial charge in [0.1, 0.15) is 22.3 Å². The zero-order valence-electron chi connectivity index (χ0n) is 23.7. The molecule has 44 heavy (non-hydrogen) atoms. The monoisotopic (exact) mass is 567 g/mol. The molecule has 0 unspecified atom stereocenters. The molecule has 0 aliphatic rings. The van der Waals surface area contributed by atoms with Crippen LogP contribution in [0.3, 0.4) is 0 Å². The molecule has 0 aliphatic heterocycles. The van der Waals surface area contributed by atoms with E-state index in [1.807, 2.05) is 91.0 Å². The molecule has 5 heteroatoms. The van der Waals surface area contributed by atoms with Crippen LogP contribution in [0.25, 0.3) is 83.4 Å². The first-order valence-corrected chi connectivity index (χ1v) is 14.3. The summed E-state index contributed by atoms with van der Waals surface area (Å²) in [7, 11) is 0. The molecule has 0 radical (unpaired) electrons. The zero-order chi connectivity index (χ0) is 29.6. The standard InChI is InChI=1S/C39H25N3O2/c1-3-12-24(4-2)37-40-38(25-13-6-5-7-14-25)42-39(41-37)29-17-11-20-34-36(29)30-23-26(21-22-32(30)44-34)27-16-10-19-33-35(27)28-15-8-9-18-31(28)43-33/h3-23H,1-2H2/b24-12+. The van der Waals surface area contributed by atoms with E-state index in [1.165, 1.54) is 0 Å². The second-order valence-corrected chi connectivity index (χ2v) is 10.5. The molecule has 8 rings (SSSR count). The van der Waals surface area contributed by atoms with Gasteiger partial charge in [0.15, 0.2) is 17.5 Å². The molecule has 0 spiro atoms. The third kappa shape index (κ3) is 4.14. The van der Waals surface area contributed by atoms with Gasteiger partial charge < -0.3 is 8.83 Å². The number of aromatic nitrogens is 3. The fourth-order valence-electron chi connectivity index (χ4n) is 5.90. The van der Waals surface area contributed by atoms with Crippen LogP contribution < -0.4 is 0 Å². The van der Waals surface area contributed by atoms with Crippen LogP contribution in [0.15, 0.2) is 149 Å². The number of benzene rings is 5. The maximum atomic E-state index is 6.37. The Balaban J connectivity index is 1.38. The van der Waals surface area contributed by atoms with Crippen molar-refractivity contribution in [2.24, 2.45) is 0 Å². The number of allylic oxidation sites excluding steroid dienone is 4. The summed E-state index contributed by atoms with van der Waals surface area (Å²) in [6.07, 6.45) is 5.29. The summed E-state index contributed by atoms with van der Waals surface area (Å²) in [5, 5.41) is 4.10. The summed E-state index contributed by atoms with van der Waals surface area (Å²) in [6, 6.07) is 36.6. The van der Waals surface area contributed by atoms with Crippen molar-refractivity contribution in [2.45, 2.75) is 0 Å². The first kappa shape index (κ1) is 25.6. The molecule has 208 valence electrons. The van der Waals surface area contributed by atoms with Crippen LogP contribution in [-0.2, 0) is 0 Å². The summed E-state index contributed by atoms with van der Waals surface area (Å²) in [5.41, 5.74) is 7.95. The lowest BCUT2D eigenvalue weighted by Gasteiger charge is -2.09. The minimum absolute atomic E-state index is 0.521. The van der Waals surface area contributed by atoms with E-state index in [2.05, 4.69) is 37.4 Å². The Kier molecular flexibility index (Phi) is 6.02. The fourth-order valence-corrected chi connectivity index (χ4v) is 5.90. The van der Waals surface area contributed by atoms with E-state index in [9.17, 15) is 0 Å². The third-order valence-corrected chi connectivity index (χ3v) is 7.89. The van der Waals surface area contributed by atoms with Crippen molar-refractivity contribution in [3.8, 4) is 33.9 Å². The molecule has 0 aliphatic carbocycles. The molecule has 0 saturated heterocycles. The maximum Gasteiger partial charge on any atom is 0.164 e. The van der Waals surface area contributed by atoms with Crippen molar-refractivity contribution < 1.29 is 8.83 Å². The van der Waals surface area contributed by atoms with Crippen molar-refractivity contribution in [2.75, 3.05) is 0 Å². The van der Waals surface area contributed by atoms with Crippen molar-refractivity contribution >= 4 is 49.5 Å². The van der Waals surface area contributed by atoms with E-state index in [0.29, 0.717) is 17.5 Å². The van der Waals surface area contributed by atoms with Crippen molar-refractivity contribution in [3.63, 3.8) is 0 Å². The normalized spacial score (nSPS) is 12.0. The van der Waals surface area contributed by atoms with Crippen LogP contribution in [0, 0.1) is 0 Å². The van der Waals surface area contributed by atoms with Gasteiger partial charge in [-0.25, -0.2) is 15.0 Å². The first-order chi connectivity index (χ1) is 21.7. The van der Waals surface area contributed by atoms with E-state index in [4.69, 9.17) is 23.8 Å². The molecule has 0 atom stereocenters. The lowest BCUT2D eigenvalue weighted by atomic mass is 9.97. The van der Waals surface area contributed by atoms with Gasteiger partial charge in [-0.15, -0.1) is 0 Å². The Bertz CT molecular complexity index is 2430. The number of para-hydroxylation sites is 1. The quantitative estimate of drug-likeness (QED) is 0.187. The number of nitrogens with zero attached hydrogens (tertiary/aromatic N) is 3. The average molecular weight is 568 g/mol. The van der Waals surface area contributed by atoms with Gasteiger partial charge >= 0.3 is 0 Å². The predicted molar refractivity (Wildman–Crippen MR) is 179 cm³/mol. The van der Waals surface area contributed by atoms with Crippen LogP contribution >= 0.6 is 0 Å². The minimum atomic E-state index is 0.521. The number of fused-ring (bicyclic) bond motifs is 6. The average Bonchev–Trinajstić information content (AvgIpc) is 3.65. The molecule has 0 amide bonds. The van der Waals surface area contributed by atoms with Gasteiger partial charge in [-0.2, -0.15) is 0 Å². The summed E-state index contributed by atoms with van der Waals surface area (Å²) >= 11 is 0. The lowest BCUT2D eigenvalue weighted by Crippen LogP contribution is -2.02. The summed E-state index contributed by atoms with van der Waals surface area (Å²) < 4.78 is 12.6. The van der Waals surface area contributed by atoms with Gasteiger partial charge in [0.05, 0.1) is 0 Å². The van der Waals surface area contributed by atoms with E-state index >= 15 is 0 Å². The van der Waals surface area contributed by atoms with Crippen LogP contribution in [0.1, 0.15) is 5.82 Å². The number of rotatable bonds is 6. The van der Waals surface area contributed by atoms with Crippen LogP contribution in [0.2, 0.25) is 0 Å². The lowest BCUT2D eigenvalue weighted by molar-refractivity contribution is 0.669. The van der Waals surface area contributed by atoms with Gasteiger partial charge in [0.2, 0.25) is 0 Å². The molecule has 8 aromatic rings.